The summed E-state index contributed by atoms with van der Waals surface area (Å²) in [6.45, 7) is 19.6. The second-order valence-electron chi connectivity index (χ2n) is 9.70. The molecule has 0 aliphatic heterocycles. The van der Waals surface area contributed by atoms with Crippen LogP contribution in [0.15, 0.2) is 0 Å². The first-order valence-electron chi connectivity index (χ1n) is 12.2. The van der Waals surface area contributed by atoms with Crippen LogP contribution in [0.1, 0.15) is 39.5 Å². The number of carbonyl (C=O) groups excluding carboxylic acids is 2. The first-order chi connectivity index (χ1) is 15.3. The smallest absolute Gasteiger partial charge is 0.311 e. The van der Waals surface area contributed by atoms with Crippen molar-refractivity contribution in [3.05, 3.63) is 0 Å². The number of ether oxygens (including phenoxy) is 4. The summed E-state index contributed by atoms with van der Waals surface area (Å²) >= 11 is 0. The average molecular weight is 525 g/mol. The maximum Gasteiger partial charge on any atom is 0.311 e. The molecular formula is C22H48O8Si3. The molecule has 0 unspecified atom stereocenters. The molecular weight excluding hydrogens is 476 g/mol. The van der Waals surface area contributed by atoms with Gasteiger partial charge in [0.15, 0.2) is 16.6 Å². The van der Waals surface area contributed by atoms with Gasteiger partial charge < -0.3 is 27.2 Å². The van der Waals surface area contributed by atoms with Crippen molar-refractivity contribution >= 4 is 37.1 Å². The molecule has 0 spiro atoms. The molecule has 8 nitrogen and oxygen atoms in total. The predicted octanol–water partition coefficient (Wildman–Crippen LogP) is 4.85. The summed E-state index contributed by atoms with van der Waals surface area (Å²) < 4.78 is 34.4. The third kappa shape index (κ3) is 19.4. The molecule has 11 heteroatoms. The Kier molecular flexibility index (Phi) is 16.7. The summed E-state index contributed by atoms with van der Waals surface area (Å²) in [5.41, 5.74) is 0. The highest BCUT2D eigenvalue weighted by atomic mass is 28.5. The molecule has 0 heterocycles. The van der Waals surface area contributed by atoms with E-state index in [-0.39, 0.29) is 11.9 Å². The zero-order valence-corrected chi connectivity index (χ0v) is 25.3. The van der Waals surface area contributed by atoms with Gasteiger partial charge in [0, 0.05) is 26.1 Å². The van der Waals surface area contributed by atoms with Crippen LogP contribution in [0.3, 0.4) is 0 Å². The van der Waals surface area contributed by atoms with Gasteiger partial charge >= 0.3 is 20.5 Å². The molecule has 0 saturated carbocycles. The summed E-state index contributed by atoms with van der Waals surface area (Å²) in [5, 5.41) is 0. The third-order valence-electron chi connectivity index (χ3n) is 4.74. The van der Waals surface area contributed by atoms with E-state index in [0.29, 0.717) is 52.5 Å². The van der Waals surface area contributed by atoms with Crippen LogP contribution >= 0.6 is 0 Å². The normalized spacial score (nSPS) is 12.6. The fourth-order valence-corrected chi connectivity index (χ4v) is 17.5. The van der Waals surface area contributed by atoms with E-state index in [9.17, 15) is 9.59 Å². The highest BCUT2D eigenvalue weighted by Crippen LogP contribution is 2.26. The van der Waals surface area contributed by atoms with Gasteiger partial charge in [-0.1, -0.05) is 13.8 Å². The maximum absolute atomic E-state index is 11.1. The summed E-state index contributed by atoms with van der Waals surface area (Å²) in [4.78, 5) is 22.2. The number of hydrogen-bond donors (Lipinski definition) is 0. The minimum atomic E-state index is -2.24. The maximum atomic E-state index is 11.1. The number of esters is 2. The van der Waals surface area contributed by atoms with Crippen molar-refractivity contribution in [2.45, 2.75) is 90.9 Å². The van der Waals surface area contributed by atoms with Crippen LogP contribution in [-0.4, -0.2) is 76.8 Å². The summed E-state index contributed by atoms with van der Waals surface area (Å²) in [6, 6.07) is 2.00. The molecule has 0 aliphatic rings. The molecule has 0 fully saturated rings. The minimum Gasteiger partial charge on any atom is -0.463 e. The molecule has 0 aromatic carbocycles. The van der Waals surface area contributed by atoms with Gasteiger partial charge in [0.1, 0.15) is 13.2 Å². The van der Waals surface area contributed by atoms with Gasteiger partial charge in [-0.3, -0.25) is 9.59 Å². The van der Waals surface area contributed by atoms with Crippen LogP contribution < -0.4 is 0 Å². The molecule has 0 amide bonds. The van der Waals surface area contributed by atoms with Crippen molar-refractivity contribution in [3.63, 3.8) is 0 Å². The van der Waals surface area contributed by atoms with Gasteiger partial charge in [-0.15, -0.1) is 0 Å². The minimum absolute atomic E-state index is 0.193. The lowest BCUT2D eigenvalue weighted by molar-refractivity contribution is -0.145. The van der Waals surface area contributed by atoms with Crippen LogP contribution in [0.5, 0.6) is 0 Å². The summed E-state index contributed by atoms with van der Waals surface area (Å²) in [7, 11) is -5.98. The predicted molar refractivity (Wildman–Crippen MR) is 138 cm³/mol. The largest absolute Gasteiger partial charge is 0.463 e. The monoisotopic (exact) mass is 524 g/mol. The standard InChI is InChI=1S/C22H48O8Si3/c1-9-21(23)27-17-15-25-13-11-19-31(3,4)29-33(7,8)30-32(5,6)20-12-14-26-16-18-28-22(24)10-2/h9-20H2,1-8H3. The molecule has 0 bridgehead atoms. The van der Waals surface area contributed by atoms with Gasteiger partial charge in [0.2, 0.25) is 0 Å². The Bertz CT molecular complexity index is 510. The van der Waals surface area contributed by atoms with Crippen LogP contribution in [0.25, 0.3) is 0 Å². The van der Waals surface area contributed by atoms with Crippen molar-refractivity contribution in [1.29, 1.82) is 0 Å². The molecule has 196 valence electrons. The van der Waals surface area contributed by atoms with Crippen molar-refractivity contribution < 1.29 is 36.8 Å². The number of carbonyl (C=O) groups is 2. The Morgan fingerprint density at radius 2 is 0.939 bits per heavy atom. The lowest BCUT2D eigenvalue weighted by atomic mass is 10.5. The molecule has 0 N–H and O–H groups in total. The van der Waals surface area contributed by atoms with E-state index in [4.69, 9.17) is 27.2 Å². The zero-order chi connectivity index (χ0) is 25.4. The van der Waals surface area contributed by atoms with Crippen LogP contribution in [0.4, 0.5) is 0 Å². The van der Waals surface area contributed by atoms with E-state index in [1.54, 1.807) is 13.8 Å². The zero-order valence-electron chi connectivity index (χ0n) is 22.3. The Morgan fingerprint density at radius 1 is 0.576 bits per heavy atom. The van der Waals surface area contributed by atoms with Crippen molar-refractivity contribution in [2.24, 2.45) is 0 Å². The van der Waals surface area contributed by atoms with Crippen LogP contribution in [0, 0.1) is 0 Å². The second-order valence-corrected chi connectivity index (χ2v) is 22.2. The Labute approximate surface area is 204 Å². The molecule has 0 radical (unpaired) electrons. The molecule has 0 aromatic heterocycles. The molecule has 0 rings (SSSR count). The average Bonchev–Trinajstić information content (AvgIpc) is 2.69. The summed E-state index contributed by atoms with van der Waals surface area (Å²) in [6.07, 6.45) is 2.64. The fourth-order valence-electron chi connectivity index (χ4n) is 3.49. The van der Waals surface area contributed by atoms with Gasteiger partial charge in [-0.2, -0.15) is 0 Å². The van der Waals surface area contributed by atoms with Crippen molar-refractivity contribution in [3.8, 4) is 0 Å². The highest BCUT2D eigenvalue weighted by molar-refractivity contribution is 6.87. The van der Waals surface area contributed by atoms with E-state index in [0.717, 1.165) is 24.9 Å². The number of rotatable bonds is 20. The quantitative estimate of drug-likeness (QED) is 0.127. The Morgan fingerprint density at radius 3 is 1.27 bits per heavy atom. The van der Waals surface area contributed by atoms with Gasteiger partial charge in [-0.05, 0) is 64.2 Å². The number of hydrogen-bond acceptors (Lipinski definition) is 8. The Hall–Kier alpha value is -0.569. The summed E-state index contributed by atoms with van der Waals surface area (Å²) in [5.74, 6) is -0.386. The fraction of sp³-hybridized carbons (Fsp3) is 0.909. The van der Waals surface area contributed by atoms with E-state index in [2.05, 4.69) is 39.3 Å². The highest BCUT2D eigenvalue weighted by Gasteiger charge is 2.39. The van der Waals surface area contributed by atoms with Gasteiger partial charge in [0.05, 0.1) is 13.2 Å². The lowest BCUT2D eigenvalue weighted by Gasteiger charge is -2.38. The first-order valence-corrected chi connectivity index (χ1v) is 21.2. The topological polar surface area (TPSA) is 89.5 Å². The van der Waals surface area contributed by atoms with E-state index >= 15 is 0 Å². The second kappa shape index (κ2) is 17.0. The molecule has 33 heavy (non-hydrogen) atoms. The SMILES string of the molecule is CCC(=O)OCCOCCC[Si](C)(C)O[Si](C)(C)O[Si](C)(C)CCCOCCOC(=O)CC. The third-order valence-corrected chi connectivity index (χ3v) is 16.2. The van der Waals surface area contributed by atoms with E-state index in [1.165, 1.54) is 0 Å². The van der Waals surface area contributed by atoms with Crippen molar-refractivity contribution in [2.75, 3.05) is 39.6 Å². The first kappa shape index (κ1) is 32.4. The molecule has 0 aliphatic carbocycles. The molecule has 0 atom stereocenters. The van der Waals surface area contributed by atoms with E-state index in [1.807, 2.05) is 0 Å². The molecule has 0 aromatic rings. The van der Waals surface area contributed by atoms with Crippen molar-refractivity contribution in [1.82, 2.24) is 0 Å². The van der Waals surface area contributed by atoms with Crippen LogP contribution in [-0.2, 0) is 36.8 Å². The van der Waals surface area contributed by atoms with Gasteiger partial charge in [-0.25, -0.2) is 0 Å². The molecule has 0 saturated heterocycles. The van der Waals surface area contributed by atoms with Crippen LogP contribution in [0.2, 0.25) is 51.4 Å². The van der Waals surface area contributed by atoms with E-state index < -0.39 is 25.2 Å². The Balaban J connectivity index is 4.11. The lowest BCUT2D eigenvalue weighted by Crippen LogP contribution is -2.52. The van der Waals surface area contributed by atoms with Gasteiger partial charge in [0.25, 0.3) is 0 Å².